The molecule has 2 saturated carbocycles. The Hall–Kier alpha value is -1.06. The summed E-state index contributed by atoms with van der Waals surface area (Å²) in [6.07, 6.45) is 6.37. The average Bonchev–Trinajstić information content (AvgIpc) is 2.99. The molecular formula is C23H38O3. The molecule has 3 heteroatoms. The molecule has 3 nitrogen and oxygen atoms in total. The maximum absolute atomic E-state index is 10.4. The second kappa shape index (κ2) is 8.75. The van der Waals surface area contributed by atoms with Gasteiger partial charge in [0.2, 0.25) is 0 Å². The summed E-state index contributed by atoms with van der Waals surface area (Å²) < 4.78 is 0. The van der Waals surface area contributed by atoms with Gasteiger partial charge in [0.15, 0.2) is 0 Å². The zero-order chi connectivity index (χ0) is 19.5. The Morgan fingerprint density at radius 1 is 1.04 bits per heavy atom. The molecule has 0 radical (unpaired) electrons. The van der Waals surface area contributed by atoms with E-state index in [-0.39, 0.29) is 23.9 Å². The molecule has 1 aromatic carbocycles. The number of phenols is 1. The Morgan fingerprint density at radius 3 is 2.38 bits per heavy atom. The molecule has 0 saturated heterocycles. The molecule has 0 spiro atoms. The fourth-order valence-electron chi connectivity index (χ4n) is 5.75. The molecule has 3 aliphatic carbocycles. The van der Waals surface area contributed by atoms with Gasteiger partial charge in [0, 0.05) is 5.56 Å². The van der Waals surface area contributed by atoms with Crippen molar-refractivity contribution in [2.24, 2.45) is 17.3 Å². The number of hydrogen-bond acceptors (Lipinski definition) is 3. The zero-order valence-corrected chi connectivity index (χ0v) is 17.3. The Kier molecular flexibility index (Phi) is 7.15. The number of rotatable bonds is 1. The van der Waals surface area contributed by atoms with Crippen LogP contribution in [0.15, 0.2) is 12.1 Å². The highest BCUT2D eigenvalue weighted by atomic mass is 16.3. The van der Waals surface area contributed by atoms with Crippen LogP contribution in [-0.4, -0.2) is 21.4 Å². The molecule has 0 bridgehead atoms. The summed E-state index contributed by atoms with van der Waals surface area (Å²) in [4.78, 5) is 0. The van der Waals surface area contributed by atoms with Gasteiger partial charge in [-0.3, -0.25) is 0 Å². The van der Waals surface area contributed by atoms with Crippen LogP contribution in [0.3, 0.4) is 0 Å². The lowest BCUT2D eigenvalue weighted by molar-refractivity contribution is -0.0226. The lowest BCUT2D eigenvalue weighted by Gasteiger charge is -2.50. The van der Waals surface area contributed by atoms with Crippen molar-refractivity contribution >= 4 is 0 Å². The standard InChI is InChI=1S/C19H26O3.2C2H6/c1-19-7-6-13-14(16(19)4-5-18(19)22)3-2-11-9-17(21)12(10-20)8-15(11)13;2*1-2/h8-9,13-14,16,18,20-22H,2-7,10H2,1H3;2*1-2H3/t13?,14?,16?,18-,19-;;/m0../s1. The van der Waals surface area contributed by atoms with E-state index in [9.17, 15) is 15.3 Å². The van der Waals surface area contributed by atoms with Gasteiger partial charge in [-0.05, 0) is 85.0 Å². The summed E-state index contributed by atoms with van der Waals surface area (Å²) in [6.45, 7) is 10.2. The van der Waals surface area contributed by atoms with Gasteiger partial charge in [-0.2, -0.15) is 0 Å². The van der Waals surface area contributed by atoms with Crippen molar-refractivity contribution in [2.45, 2.75) is 91.8 Å². The van der Waals surface area contributed by atoms with Crippen molar-refractivity contribution in [3.63, 3.8) is 0 Å². The molecule has 5 atom stereocenters. The van der Waals surface area contributed by atoms with E-state index >= 15 is 0 Å². The lowest BCUT2D eigenvalue weighted by Crippen LogP contribution is -2.43. The number of benzene rings is 1. The van der Waals surface area contributed by atoms with E-state index in [4.69, 9.17) is 0 Å². The predicted octanol–water partition coefficient (Wildman–Crippen LogP) is 5.15. The van der Waals surface area contributed by atoms with Gasteiger partial charge in [-0.25, -0.2) is 0 Å². The molecule has 0 aromatic heterocycles. The van der Waals surface area contributed by atoms with Crippen molar-refractivity contribution < 1.29 is 15.3 Å². The third-order valence-corrected chi connectivity index (χ3v) is 7.04. The van der Waals surface area contributed by atoms with Crippen LogP contribution in [0.4, 0.5) is 0 Å². The average molecular weight is 363 g/mol. The molecule has 148 valence electrons. The van der Waals surface area contributed by atoms with Crippen molar-refractivity contribution in [1.29, 1.82) is 0 Å². The van der Waals surface area contributed by atoms with Gasteiger partial charge in [0.05, 0.1) is 12.7 Å². The molecule has 26 heavy (non-hydrogen) atoms. The molecule has 2 fully saturated rings. The van der Waals surface area contributed by atoms with Crippen molar-refractivity contribution in [3.8, 4) is 5.75 Å². The predicted molar refractivity (Wildman–Crippen MR) is 107 cm³/mol. The Balaban J connectivity index is 0.000000570. The maximum atomic E-state index is 10.4. The largest absolute Gasteiger partial charge is 0.508 e. The van der Waals surface area contributed by atoms with Crippen LogP contribution >= 0.6 is 0 Å². The molecular weight excluding hydrogens is 324 g/mol. The summed E-state index contributed by atoms with van der Waals surface area (Å²) >= 11 is 0. The van der Waals surface area contributed by atoms with E-state index in [2.05, 4.69) is 6.92 Å². The lowest BCUT2D eigenvalue weighted by atomic mass is 9.55. The van der Waals surface area contributed by atoms with Gasteiger partial charge < -0.3 is 15.3 Å². The van der Waals surface area contributed by atoms with Crippen LogP contribution in [-0.2, 0) is 13.0 Å². The van der Waals surface area contributed by atoms with Gasteiger partial charge >= 0.3 is 0 Å². The van der Waals surface area contributed by atoms with Gasteiger partial charge in [0.25, 0.3) is 0 Å². The molecule has 3 aliphatic rings. The van der Waals surface area contributed by atoms with E-state index in [1.807, 2.05) is 39.8 Å². The van der Waals surface area contributed by atoms with E-state index in [1.54, 1.807) is 0 Å². The number of aryl methyl sites for hydroxylation is 1. The molecule has 0 aliphatic heterocycles. The maximum Gasteiger partial charge on any atom is 0.121 e. The Labute approximate surface area is 159 Å². The van der Waals surface area contributed by atoms with Gasteiger partial charge in [0.1, 0.15) is 5.75 Å². The van der Waals surface area contributed by atoms with Crippen molar-refractivity contribution in [1.82, 2.24) is 0 Å². The first kappa shape index (κ1) is 21.2. The highest BCUT2D eigenvalue weighted by Gasteiger charge is 2.54. The summed E-state index contributed by atoms with van der Waals surface area (Å²) in [6, 6.07) is 3.91. The Morgan fingerprint density at radius 2 is 1.73 bits per heavy atom. The minimum absolute atomic E-state index is 0.101. The van der Waals surface area contributed by atoms with Gasteiger partial charge in [-0.1, -0.05) is 34.6 Å². The van der Waals surface area contributed by atoms with Crippen LogP contribution in [0.2, 0.25) is 0 Å². The fraction of sp³-hybridized carbons (Fsp3) is 0.739. The minimum atomic E-state index is -0.132. The first-order valence-electron chi connectivity index (χ1n) is 10.7. The summed E-state index contributed by atoms with van der Waals surface area (Å²) in [5.41, 5.74) is 3.37. The van der Waals surface area contributed by atoms with E-state index < -0.39 is 0 Å². The fourth-order valence-corrected chi connectivity index (χ4v) is 5.75. The normalized spacial score (nSPS) is 34.3. The number of aromatic hydroxyl groups is 1. The highest BCUT2D eigenvalue weighted by Crippen LogP contribution is 2.61. The van der Waals surface area contributed by atoms with Crippen molar-refractivity contribution in [3.05, 3.63) is 28.8 Å². The van der Waals surface area contributed by atoms with Crippen LogP contribution in [0.5, 0.6) is 5.75 Å². The zero-order valence-electron chi connectivity index (χ0n) is 17.3. The summed E-state index contributed by atoms with van der Waals surface area (Å²) in [5, 5.41) is 29.9. The SMILES string of the molecule is CC.CC.C[C@]12CCC3c4cc(CO)c(O)cc4CCC3C1CC[C@@H]2O. The first-order chi connectivity index (χ1) is 12.5. The smallest absolute Gasteiger partial charge is 0.121 e. The molecule has 1 aromatic rings. The van der Waals surface area contributed by atoms with E-state index in [0.29, 0.717) is 23.3 Å². The topological polar surface area (TPSA) is 60.7 Å². The number of aliphatic hydroxyl groups is 2. The van der Waals surface area contributed by atoms with Crippen LogP contribution in [0.25, 0.3) is 0 Å². The van der Waals surface area contributed by atoms with Crippen LogP contribution in [0, 0.1) is 17.3 Å². The van der Waals surface area contributed by atoms with Crippen molar-refractivity contribution in [2.75, 3.05) is 0 Å². The number of aliphatic hydroxyl groups excluding tert-OH is 2. The highest BCUT2D eigenvalue weighted by molar-refractivity contribution is 5.45. The second-order valence-corrected chi connectivity index (χ2v) is 7.89. The number of hydrogen-bond donors (Lipinski definition) is 3. The van der Waals surface area contributed by atoms with E-state index in [0.717, 1.165) is 32.1 Å². The second-order valence-electron chi connectivity index (χ2n) is 7.89. The molecule has 0 heterocycles. The van der Waals surface area contributed by atoms with E-state index in [1.165, 1.54) is 17.5 Å². The summed E-state index contributed by atoms with van der Waals surface area (Å²) in [7, 11) is 0. The monoisotopic (exact) mass is 362 g/mol. The molecule has 4 rings (SSSR count). The van der Waals surface area contributed by atoms with Gasteiger partial charge in [-0.15, -0.1) is 0 Å². The molecule has 0 amide bonds. The van der Waals surface area contributed by atoms with Crippen LogP contribution < -0.4 is 0 Å². The molecule has 3 unspecified atom stereocenters. The minimum Gasteiger partial charge on any atom is -0.508 e. The quantitative estimate of drug-likeness (QED) is 0.647. The first-order valence-corrected chi connectivity index (χ1v) is 10.7. The van der Waals surface area contributed by atoms with Crippen LogP contribution in [0.1, 0.15) is 89.3 Å². The Bertz CT molecular complexity index is 597. The third kappa shape index (κ3) is 3.41. The summed E-state index contributed by atoms with van der Waals surface area (Å²) in [5.74, 6) is 2.05. The third-order valence-electron chi connectivity index (χ3n) is 7.04. The molecule has 3 N–H and O–H groups in total. The number of fused-ring (bicyclic) bond motifs is 5.